The summed E-state index contributed by atoms with van der Waals surface area (Å²) in [6, 6.07) is 2.28. The summed E-state index contributed by atoms with van der Waals surface area (Å²) in [6.45, 7) is 6.10. The van der Waals surface area contributed by atoms with Crippen LogP contribution in [0, 0.1) is 0 Å². The number of aromatic nitrogens is 2. The zero-order valence-electron chi connectivity index (χ0n) is 21.3. The second-order valence-electron chi connectivity index (χ2n) is 9.64. The monoisotopic (exact) mass is 538 g/mol. The van der Waals surface area contributed by atoms with Gasteiger partial charge in [0, 0.05) is 31.0 Å². The number of hydrogen-bond donors (Lipinski definition) is 3. The van der Waals surface area contributed by atoms with Crippen LogP contribution in [0.25, 0.3) is 0 Å². The van der Waals surface area contributed by atoms with Gasteiger partial charge in [0.2, 0.25) is 5.95 Å². The molecule has 206 valence electrons. The standard InChI is InChI=1S/C24H29F3N6O5/c1-23(2,3)38-22(36)31-15-6-5-7-33(12-15)21-29-11-17(18(28)34)19(32-21)30-16-9-13(20(35)37-4)8-14(10-16)24(25,26)27/h8-11,15H,5-7,12H2,1-4H3,(H2,28,34)(H,31,36)(H,29,30,32). The minimum atomic E-state index is -4.76. The van der Waals surface area contributed by atoms with Gasteiger partial charge < -0.3 is 30.7 Å². The normalized spacial score (nSPS) is 16.0. The van der Waals surface area contributed by atoms with E-state index in [1.807, 2.05) is 0 Å². The number of anilines is 3. The zero-order valence-corrected chi connectivity index (χ0v) is 21.3. The van der Waals surface area contributed by atoms with Gasteiger partial charge in [0.25, 0.3) is 5.91 Å². The van der Waals surface area contributed by atoms with Crippen molar-refractivity contribution in [1.29, 1.82) is 0 Å². The fourth-order valence-corrected chi connectivity index (χ4v) is 3.79. The second kappa shape index (κ2) is 11.1. The number of rotatable bonds is 6. The van der Waals surface area contributed by atoms with Gasteiger partial charge in [-0.1, -0.05) is 0 Å². The number of esters is 1. The molecule has 11 nitrogen and oxygen atoms in total. The van der Waals surface area contributed by atoms with Gasteiger partial charge in [-0.05, 0) is 51.8 Å². The third kappa shape index (κ3) is 7.46. The lowest BCUT2D eigenvalue weighted by Crippen LogP contribution is -2.49. The van der Waals surface area contributed by atoms with Gasteiger partial charge in [0.15, 0.2) is 0 Å². The molecule has 1 aromatic carbocycles. The molecule has 0 bridgehead atoms. The molecule has 0 spiro atoms. The Hall–Kier alpha value is -4.10. The van der Waals surface area contributed by atoms with E-state index in [2.05, 4.69) is 25.3 Å². The van der Waals surface area contributed by atoms with Crippen molar-refractivity contribution in [3.05, 3.63) is 41.1 Å². The fourth-order valence-electron chi connectivity index (χ4n) is 3.79. The minimum Gasteiger partial charge on any atom is -0.465 e. The van der Waals surface area contributed by atoms with Crippen LogP contribution in [0.3, 0.4) is 0 Å². The van der Waals surface area contributed by atoms with E-state index in [1.54, 1.807) is 25.7 Å². The van der Waals surface area contributed by atoms with Gasteiger partial charge in [-0.3, -0.25) is 4.79 Å². The van der Waals surface area contributed by atoms with Gasteiger partial charge in [0.1, 0.15) is 17.0 Å². The minimum absolute atomic E-state index is 0.153. The van der Waals surface area contributed by atoms with Crippen molar-refractivity contribution in [2.75, 3.05) is 30.4 Å². The van der Waals surface area contributed by atoms with Crippen molar-refractivity contribution in [1.82, 2.24) is 15.3 Å². The van der Waals surface area contributed by atoms with E-state index in [-0.39, 0.29) is 34.6 Å². The van der Waals surface area contributed by atoms with Crippen LogP contribution >= 0.6 is 0 Å². The number of alkyl carbamates (subject to hydrolysis) is 1. The molecule has 14 heteroatoms. The van der Waals surface area contributed by atoms with E-state index in [1.165, 1.54) is 0 Å². The lowest BCUT2D eigenvalue weighted by atomic mass is 10.1. The summed E-state index contributed by atoms with van der Waals surface area (Å²) < 4.78 is 50.2. The number of piperidine rings is 1. The molecule has 0 aliphatic carbocycles. The first-order chi connectivity index (χ1) is 17.7. The molecule has 38 heavy (non-hydrogen) atoms. The average molecular weight is 539 g/mol. The van der Waals surface area contributed by atoms with Crippen molar-refractivity contribution in [3.8, 4) is 0 Å². The molecular formula is C24H29F3N6O5. The number of nitrogens with zero attached hydrogens (tertiary/aromatic N) is 3. The Kier molecular flexibility index (Phi) is 8.32. The Morgan fingerprint density at radius 2 is 1.87 bits per heavy atom. The van der Waals surface area contributed by atoms with Crippen LogP contribution in [-0.4, -0.2) is 59.8 Å². The highest BCUT2D eigenvalue weighted by molar-refractivity contribution is 5.98. The first-order valence-corrected chi connectivity index (χ1v) is 11.6. The fraction of sp³-hybridized carbons (Fsp3) is 0.458. The van der Waals surface area contributed by atoms with Gasteiger partial charge in [-0.2, -0.15) is 18.2 Å². The van der Waals surface area contributed by atoms with E-state index in [0.29, 0.717) is 32.0 Å². The van der Waals surface area contributed by atoms with Gasteiger partial charge in [-0.25, -0.2) is 14.6 Å². The van der Waals surface area contributed by atoms with Crippen LogP contribution < -0.4 is 21.3 Å². The molecule has 3 rings (SSSR count). The van der Waals surface area contributed by atoms with E-state index < -0.39 is 35.3 Å². The van der Waals surface area contributed by atoms with Gasteiger partial charge >= 0.3 is 18.2 Å². The predicted octanol–water partition coefficient (Wildman–Crippen LogP) is 3.62. The Morgan fingerprint density at radius 1 is 1.16 bits per heavy atom. The maximum atomic E-state index is 13.5. The summed E-state index contributed by atoms with van der Waals surface area (Å²) in [5.41, 5.74) is 2.96. The highest BCUT2D eigenvalue weighted by Gasteiger charge is 2.32. The number of nitrogens with two attached hydrogens (primary N) is 1. The molecule has 1 saturated heterocycles. The molecular weight excluding hydrogens is 509 g/mol. The van der Waals surface area contributed by atoms with Crippen LogP contribution in [0.15, 0.2) is 24.4 Å². The topological polar surface area (TPSA) is 149 Å². The van der Waals surface area contributed by atoms with E-state index in [0.717, 1.165) is 25.4 Å². The number of carbonyl (C=O) groups excluding carboxylic acids is 3. The first kappa shape index (κ1) is 28.5. The highest BCUT2D eigenvalue weighted by Crippen LogP contribution is 2.33. The Balaban J connectivity index is 1.90. The van der Waals surface area contributed by atoms with Crippen LogP contribution in [0.1, 0.15) is 59.9 Å². The number of ether oxygens (including phenoxy) is 2. The number of hydrogen-bond acceptors (Lipinski definition) is 9. The molecule has 0 radical (unpaired) electrons. The highest BCUT2D eigenvalue weighted by atomic mass is 19.4. The predicted molar refractivity (Wildman–Crippen MR) is 131 cm³/mol. The number of nitrogens with one attached hydrogen (secondary N) is 2. The summed E-state index contributed by atoms with van der Waals surface area (Å²) in [7, 11) is 1.04. The smallest absolute Gasteiger partial charge is 0.416 e. The van der Waals surface area contributed by atoms with Crippen LogP contribution in [0.4, 0.5) is 35.4 Å². The molecule has 2 aromatic rings. The lowest BCUT2D eigenvalue weighted by molar-refractivity contribution is -0.137. The maximum absolute atomic E-state index is 13.5. The summed E-state index contributed by atoms with van der Waals surface area (Å²) in [6.07, 6.45) is -2.80. The van der Waals surface area contributed by atoms with E-state index >= 15 is 0 Å². The number of methoxy groups -OCH3 is 1. The number of benzene rings is 1. The van der Waals surface area contributed by atoms with Crippen molar-refractivity contribution in [2.45, 2.75) is 51.4 Å². The number of amides is 2. The molecule has 1 atom stereocenters. The third-order valence-electron chi connectivity index (χ3n) is 5.41. The molecule has 1 aliphatic rings. The number of alkyl halides is 3. The zero-order chi connectivity index (χ0) is 28.3. The number of primary amides is 1. The van der Waals surface area contributed by atoms with E-state index in [4.69, 9.17) is 10.5 Å². The largest absolute Gasteiger partial charge is 0.465 e. The SMILES string of the molecule is COC(=O)c1cc(Nc2nc(N3CCCC(NC(=O)OC(C)(C)C)C3)ncc2C(N)=O)cc(C(F)(F)F)c1. The maximum Gasteiger partial charge on any atom is 0.416 e. The molecule has 1 unspecified atom stereocenters. The molecule has 0 saturated carbocycles. The van der Waals surface area contributed by atoms with Gasteiger partial charge in [-0.15, -0.1) is 0 Å². The van der Waals surface area contributed by atoms with Crippen molar-refractivity contribution in [2.24, 2.45) is 5.73 Å². The average Bonchev–Trinajstić information content (AvgIpc) is 2.81. The molecule has 1 aliphatic heterocycles. The van der Waals surface area contributed by atoms with Crippen molar-refractivity contribution < 1.29 is 37.0 Å². The van der Waals surface area contributed by atoms with E-state index in [9.17, 15) is 27.6 Å². The molecule has 2 amide bonds. The Bertz CT molecular complexity index is 1220. The molecule has 4 N–H and O–H groups in total. The quantitative estimate of drug-likeness (QED) is 0.469. The number of carbonyl (C=O) groups is 3. The first-order valence-electron chi connectivity index (χ1n) is 11.6. The Morgan fingerprint density at radius 3 is 2.47 bits per heavy atom. The second-order valence-corrected chi connectivity index (χ2v) is 9.64. The molecule has 2 heterocycles. The van der Waals surface area contributed by atoms with Crippen molar-refractivity contribution in [3.63, 3.8) is 0 Å². The molecule has 1 fully saturated rings. The Labute approximate surface area is 216 Å². The van der Waals surface area contributed by atoms with Gasteiger partial charge in [0.05, 0.1) is 18.2 Å². The summed E-state index contributed by atoms with van der Waals surface area (Å²) >= 11 is 0. The summed E-state index contributed by atoms with van der Waals surface area (Å²) in [4.78, 5) is 46.4. The van der Waals surface area contributed by atoms with Crippen molar-refractivity contribution >= 4 is 35.4 Å². The lowest BCUT2D eigenvalue weighted by Gasteiger charge is -2.33. The van der Waals surface area contributed by atoms with Crippen LogP contribution in [0.2, 0.25) is 0 Å². The van der Waals surface area contributed by atoms with Crippen LogP contribution in [0.5, 0.6) is 0 Å². The molecule has 1 aromatic heterocycles. The van der Waals surface area contributed by atoms with Crippen LogP contribution in [-0.2, 0) is 15.7 Å². The summed E-state index contributed by atoms with van der Waals surface area (Å²) in [5, 5.41) is 5.46. The third-order valence-corrected chi connectivity index (χ3v) is 5.41. The number of halogens is 3. The summed E-state index contributed by atoms with van der Waals surface area (Å²) in [5.74, 6) is -1.88.